The number of benzene rings is 1. The summed E-state index contributed by atoms with van der Waals surface area (Å²) in [6, 6.07) is 5.60. The van der Waals surface area contributed by atoms with Crippen molar-refractivity contribution in [1.29, 1.82) is 0 Å². The molecule has 0 saturated heterocycles. The van der Waals surface area contributed by atoms with Crippen molar-refractivity contribution >= 4 is 28.1 Å². The standard InChI is InChI=1S/C14H14N4OS/c1-9-15-6-10(20-9)8-18(2)14(19)11-4-3-5-13-12(11)7-16-17-13/h3-7H,8H2,1-2H3,(H,16,17). The van der Waals surface area contributed by atoms with E-state index in [1.807, 2.05) is 31.3 Å². The van der Waals surface area contributed by atoms with Crippen LogP contribution in [-0.4, -0.2) is 33.0 Å². The molecule has 20 heavy (non-hydrogen) atoms. The van der Waals surface area contributed by atoms with Crippen LogP contribution in [0.2, 0.25) is 0 Å². The van der Waals surface area contributed by atoms with Crippen molar-refractivity contribution in [3.63, 3.8) is 0 Å². The van der Waals surface area contributed by atoms with Gasteiger partial charge >= 0.3 is 0 Å². The second kappa shape index (κ2) is 5.05. The zero-order chi connectivity index (χ0) is 14.1. The molecule has 1 amide bonds. The summed E-state index contributed by atoms with van der Waals surface area (Å²) in [6.45, 7) is 2.53. The van der Waals surface area contributed by atoms with Crippen molar-refractivity contribution in [1.82, 2.24) is 20.1 Å². The predicted octanol–water partition coefficient (Wildman–Crippen LogP) is 2.60. The minimum atomic E-state index is -0.0111. The highest BCUT2D eigenvalue weighted by atomic mass is 32.1. The molecule has 0 atom stereocenters. The summed E-state index contributed by atoms with van der Waals surface area (Å²) in [5, 5.41) is 8.73. The third-order valence-electron chi connectivity index (χ3n) is 3.12. The molecule has 0 radical (unpaired) electrons. The maximum absolute atomic E-state index is 12.5. The van der Waals surface area contributed by atoms with E-state index in [2.05, 4.69) is 15.2 Å². The van der Waals surface area contributed by atoms with Crippen LogP contribution in [0.15, 0.2) is 30.6 Å². The second-order valence-corrected chi connectivity index (χ2v) is 5.96. The maximum Gasteiger partial charge on any atom is 0.254 e. The second-order valence-electron chi connectivity index (χ2n) is 4.64. The quantitative estimate of drug-likeness (QED) is 0.805. The molecule has 3 rings (SSSR count). The van der Waals surface area contributed by atoms with Gasteiger partial charge in [-0.1, -0.05) is 6.07 Å². The van der Waals surface area contributed by atoms with Gasteiger partial charge in [0.1, 0.15) is 0 Å². The van der Waals surface area contributed by atoms with E-state index in [1.54, 1.807) is 29.5 Å². The van der Waals surface area contributed by atoms with Crippen LogP contribution in [0.4, 0.5) is 0 Å². The Labute approximate surface area is 120 Å². The molecule has 0 aliphatic rings. The zero-order valence-corrected chi connectivity index (χ0v) is 12.1. The SMILES string of the molecule is Cc1ncc(CN(C)C(=O)c2cccc3[nH]ncc23)s1. The van der Waals surface area contributed by atoms with Gasteiger partial charge in [-0.05, 0) is 19.1 Å². The summed E-state index contributed by atoms with van der Waals surface area (Å²) in [7, 11) is 1.80. The van der Waals surface area contributed by atoms with E-state index >= 15 is 0 Å². The van der Waals surface area contributed by atoms with Gasteiger partial charge in [0.15, 0.2) is 0 Å². The minimum Gasteiger partial charge on any atom is -0.336 e. The number of H-pyrrole nitrogens is 1. The van der Waals surface area contributed by atoms with Crippen molar-refractivity contribution < 1.29 is 4.79 Å². The Kier molecular flexibility index (Phi) is 3.23. The first-order chi connectivity index (χ1) is 9.65. The van der Waals surface area contributed by atoms with Gasteiger partial charge in [0, 0.05) is 23.5 Å². The Morgan fingerprint density at radius 1 is 1.40 bits per heavy atom. The van der Waals surface area contributed by atoms with Crippen LogP contribution in [0.1, 0.15) is 20.2 Å². The molecule has 0 spiro atoms. The molecule has 0 unspecified atom stereocenters. The van der Waals surface area contributed by atoms with E-state index in [9.17, 15) is 4.79 Å². The first-order valence-electron chi connectivity index (χ1n) is 6.24. The van der Waals surface area contributed by atoms with Crippen molar-refractivity contribution in [3.05, 3.63) is 46.0 Å². The highest BCUT2D eigenvalue weighted by Crippen LogP contribution is 2.19. The predicted molar refractivity (Wildman–Crippen MR) is 78.7 cm³/mol. The average Bonchev–Trinajstić information content (AvgIpc) is 3.06. The van der Waals surface area contributed by atoms with E-state index in [0.717, 1.165) is 20.8 Å². The molecule has 5 nitrogen and oxygen atoms in total. The Morgan fingerprint density at radius 2 is 2.25 bits per heavy atom. The van der Waals surface area contributed by atoms with Crippen LogP contribution < -0.4 is 0 Å². The lowest BCUT2D eigenvalue weighted by Crippen LogP contribution is -2.25. The number of carbonyl (C=O) groups excluding carboxylic acids is 1. The van der Waals surface area contributed by atoms with Crippen LogP contribution in [0.25, 0.3) is 10.9 Å². The van der Waals surface area contributed by atoms with Crippen molar-refractivity contribution in [3.8, 4) is 0 Å². The summed E-state index contributed by atoms with van der Waals surface area (Å²) < 4.78 is 0. The highest BCUT2D eigenvalue weighted by Gasteiger charge is 2.16. The van der Waals surface area contributed by atoms with Crippen LogP contribution in [-0.2, 0) is 6.54 Å². The number of aromatic amines is 1. The fraction of sp³-hybridized carbons (Fsp3) is 0.214. The summed E-state index contributed by atoms with van der Waals surface area (Å²) in [4.78, 5) is 19.5. The zero-order valence-electron chi connectivity index (χ0n) is 11.3. The number of carbonyl (C=O) groups is 1. The summed E-state index contributed by atoms with van der Waals surface area (Å²) >= 11 is 1.61. The van der Waals surface area contributed by atoms with Crippen LogP contribution >= 0.6 is 11.3 Å². The van der Waals surface area contributed by atoms with Gasteiger partial charge in [-0.3, -0.25) is 9.89 Å². The van der Waals surface area contributed by atoms with Gasteiger partial charge in [-0.25, -0.2) is 4.98 Å². The smallest absolute Gasteiger partial charge is 0.254 e. The summed E-state index contributed by atoms with van der Waals surface area (Å²) in [5.41, 5.74) is 1.54. The van der Waals surface area contributed by atoms with E-state index in [1.165, 1.54) is 0 Å². The largest absolute Gasteiger partial charge is 0.336 e. The first-order valence-corrected chi connectivity index (χ1v) is 7.05. The number of nitrogens with one attached hydrogen (secondary N) is 1. The van der Waals surface area contributed by atoms with E-state index in [0.29, 0.717) is 12.1 Å². The Balaban J connectivity index is 1.86. The molecule has 1 N–H and O–H groups in total. The Morgan fingerprint density at radius 3 is 3.00 bits per heavy atom. The summed E-state index contributed by atoms with van der Waals surface area (Å²) in [6.07, 6.45) is 3.51. The van der Waals surface area contributed by atoms with Gasteiger partial charge in [-0.15, -0.1) is 11.3 Å². The van der Waals surface area contributed by atoms with Crippen molar-refractivity contribution in [2.75, 3.05) is 7.05 Å². The molecule has 3 aromatic rings. The molecule has 2 aromatic heterocycles. The van der Waals surface area contributed by atoms with Crippen molar-refractivity contribution in [2.45, 2.75) is 13.5 Å². The molecule has 1 aromatic carbocycles. The molecule has 0 saturated carbocycles. The molecule has 0 bridgehead atoms. The lowest BCUT2D eigenvalue weighted by Gasteiger charge is -2.16. The normalized spacial score (nSPS) is 10.9. The molecular weight excluding hydrogens is 272 g/mol. The molecule has 0 aliphatic heterocycles. The van der Waals surface area contributed by atoms with Crippen molar-refractivity contribution in [2.24, 2.45) is 0 Å². The lowest BCUT2D eigenvalue weighted by molar-refractivity contribution is 0.0788. The Bertz CT molecular complexity index is 761. The van der Waals surface area contributed by atoms with E-state index in [4.69, 9.17) is 0 Å². The number of hydrogen-bond donors (Lipinski definition) is 1. The molecular formula is C14H14N4OS. The average molecular weight is 286 g/mol. The third-order valence-corrected chi connectivity index (χ3v) is 4.02. The molecule has 0 aliphatic carbocycles. The maximum atomic E-state index is 12.5. The lowest BCUT2D eigenvalue weighted by atomic mass is 10.1. The number of hydrogen-bond acceptors (Lipinski definition) is 4. The monoisotopic (exact) mass is 286 g/mol. The molecule has 2 heterocycles. The number of aromatic nitrogens is 3. The van der Waals surface area contributed by atoms with Gasteiger partial charge in [-0.2, -0.15) is 5.10 Å². The fourth-order valence-corrected chi connectivity index (χ4v) is 2.99. The number of fused-ring (bicyclic) bond motifs is 1. The van der Waals surface area contributed by atoms with E-state index < -0.39 is 0 Å². The third kappa shape index (κ3) is 2.30. The van der Waals surface area contributed by atoms with Gasteiger partial charge in [0.25, 0.3) is 5.91 Å². The minimum absolute atomic E-state index is 0.0111. The fourth-order valence-electron chi connectivity index (χ4n) is 2.14. The number of nitrogens with zero attached hydrogens (tertiary/aromatic N) is 3. The molecule has 6 heteroatoms. The number of thiazole rings is 1. The highest BCUT2D eigenvalue weighted by molar-refractivity contribution is 7.11. The molecule has 102 valence electrons. The van der Waals surface area contributed by atoms with Crippen LogP contribution in [0.3, 0.4) is 0 Å². The van der Waals surface area contributed by atoms with Gasteiger partial charge in [0.05, 0.1) is 28.8 Å². The Hall–Kier alpha value is -2.21. The number of rotatable bonds is 3. The van der Waals surface area contributed by atoms with Gasteiger partial charge < -0.3 is 4.90 Å². The number of amides is 1. The van der Waals surface area contributed by atoms with Crippen LogP contribution in [0, 0.1) is 6.92 Å². The molecule has 0 fully saturated rings. The summed E-state index contributed by atoms with van der Waals surface area (Å²) in [5.74, 6) is -0.0111. The van der Waals surface area contributed by atoms with Crippen LogP contribution in [0.5, 0.6) is 0 Å². The first kappa shape index (κ1) is 12.8. The number of aryl methyl sites for hydroxylation is 1. The topological polar surface area (TPSA) is 61.9 Å². The van der Waals surface area contributed by atoms with E-state index in [-0.39, 0.29) is 5.91 Å². The van der Waals surface area contributed by atoms with Gasteiger partial charge in [0.2, 0.25) is 0 Å².